The second-order valence-electron chi connectivity index (χ2n) is 8.13. The first-order valence-electron chi connectivity index (χ1n) is 10.1. The molecule has 0 unspecified atom stereocenters. The number of aromatic nitrogens is 2. The summed E-state index contributed by atoms with van der Waals surface area (Å²) in [6.07, 6.45) is 1.10. The second kappa shape index (κ2) is 7.14. The maximum absolute atomic E-state index is 11.7. The lowest BCUT2D eigenvalue weighted by Gasteiger charge is -2.34. The molecule has 4 N–H and O–H groups in total. The molecule has 0 radical (unpaired) electrons. The monoisotopic (exact) mass is 404 g/mol. The minimum atomic E-state index is -0.461. The number of carbonyl (C=O) groups is 2. The van der Waals surface area contributed by atoms with Gasteiger partial charge < -0.3 is 20.9 Å². The minimum absolute atomic E-state index is 0.0618. The summed E-state index contributed by atoms with van der Waals surface area (Å²) in [5.74, 6) is 0.288. The van der Waals surface area contributed by atoms with Crippen LogP contribution in [0, 0.1) is 0 Å². The van der Waals surface area contributed by atoms with Gasteiger partial charge in [0.15, 0.2) is 0 Å². The van der Waals surface area contributed by atoms with E-state index in [-0.39, 0.29) is 5.91 Å². The number of imidazole rings is 1. The van der Waals surface area contributed by atoms with Crippen molar-refractivity contribution < 1.29 is 9.59 Å². The smallest absolute Gasteiger partial charge is 0.250 e. The van der Waals surface area contributed by atoms with Gasteiger partial charge in [-0.2, -0.15) is 0 Å². The fourth-order valence-electron chi connectivity index (χ4n) is 4.69. The van der Waals surface area contributed by atoms with Crippen LogP contribution >= 0.6 is 0 Å². The lowest BCUT2D eigenvalue weighted by atomic mass is 10.1. The molecule has 2 aliphatic heterocycles. The number of amides is 2. The molecule has 3 aromatic rings. The van der Waals surface area contributed by atoms with E-state index in [4.69, 9.17) is 10.7 Å². The average molecular weight is 404 g/mol. The van der Waals surface area contributed by atoms with Crippen LogP contribution in [0.5, 0.6) is 0 Å². The van der Waals surface area contributed by atoms with Gasteiger partial charge in [0.25, 0.3) is 5.91 Å². The highest BCUT2D eigenvalue weighted by molar-refractivity contribution is 6.04. The first-order chi connectivity index (χ1) is 14.5. The summed E-state index contributed by atoms with van der Waals surface area (Å²) in [5.41, 5.74) is 9.47. The number of nitrogens with zero attached hydrogens (tertiary/aromatic N) is 3. The maximum atomic E-state index is 11.7. The number of likely N-dealkylation sites (tertiary alicyclic amines) is 1. The lowest BCUT2D eigenvalue weighted by Crippen LogP contribution is -2.46. The molecular weight excluding hydrogens is 380 g/mol. The summed E-state index contributed by atoms with van der Waals surface area (Å²) < 4.78 is 0. The predicted molar refractivity (Wildman–Crippen MR) is 115 cm³/mol. The van der Waals surface area contributed by atoms with Crippen LogP contribution in [-0.2, 0) is 11.3 Å². The standard InChI is InChI=1S/C22H24N6O2/c1-13(29)24-15-7-5-14(6-8-15)10-27-11-17-9-16(27)12-28(17)22-25-19-4-2-3-18(21(23)30)20(19)26-22/h2-8,16-17H,9-12H2,1H3,(H2,23,30)(H,24,29)(H,25,26)/t16-,17+/m0/s1. The average Bonchev–Trinajstić information content (AvgIpc) is 3.41. The van der Waals surface area contributed by atoms with E-state index < -0.39 is 5.91 Å². The molecule has 2 bridgehead atoms. The Bertz CT molecular complexity index is 1120. The van der Waals surface area contributed by atoms with Crippen LogP contribution in [0.25, 0.3) is 11.0 Å². The first-order valence-corrected chi connectivity index (χ1v) is 10.1. The van der Waals surface area contributed by atoms with Crippen LogP contribution < -0.4 is 16.0 Å². The van der Waals surface area contributed by atoms with Crippen LogP contribution in [0.2, 0.25) is 0 Å². The van der Waals surface area contributed by atoms with Crippen molar-refractivity contribution in [1.82, 2.24) is 14.9 Å². The van der Waals surface area contributed by atoms with E-state index in [0.29, 0.717) is 23.2 Å². The Balaban J connectivity index is 1.28. The molecule has 2 aliphatic rings. The van der Waals surface area contributed by atoms with E-state index >= 15 is 0 Å². The van der Waals surface area contributed by atoms with Crippen molar-refractivity contribution in [2.45, 2.75) is 32.0 Å². The quantitative estimate of drug-likeness (QED) is 0.604. The number of nitrogens with two attached hydrogens (primary N) is 1. The number of anilines is 2. The van der Waals surface area contributed by atoms with Crippen molar-refractivity contribution in [2.75, 3.05) is 23.3 Å². The van der Waals surface area contributed by atoms with Gasteiger partial charge in [-0.05, 0) is 36.2 Å². The highest BCUT2D eigenvalue weighted by atomic mass is 16.1. The molecule has 0 saturated carbocycles. The summed E-state index contributed by atoms with van der Waals surface area (Å²) in [5, 5.41) is 2.80. The zero-order chi connectivity index (χ0) is 20.8. The van der Waals surface area contributed by atoms with Crippen LogP contribution in [0.15, 0.2) is 42.5 Å². The predicted octanol–water partition coefficient (Wildman–Crippen LogP) is 2.08. The fraction of sp³-hybridized carbons (Fsp3) is 0.318. The molecule has 1 aromatic heterocycles. The number of hydrogen-bond acceptors (Lipinski definition) is 5. The summed E-state index contributed by atoms with van der Waals surface area (Å²) in [6, 6.07) is 14.3. The van der Waals surface area contributed by atoms with Gasteiger partial charge in [-0.3, -0.25) is 14.5 Å². The van der Waals surface area contributed by atoms with E-state index in [1.54, 1.807) is 6.07 Å². The van der Waals surface area contributed by atoms with Gasteiger partial charge in [0.05, 0.1) is 11.1 Å². The minimum Gasteiger partial charge on any atom is -0.366 e. The highest BCUT2D eigenvalue weighted by Gasteiger charge is 2.44. The molecule has 0 spiro atoms. The summed E-state index contributed by atoms with van der Waals surface area (Å²) in [4.78, 5) is 35.7. The molecular formula is C22H24N6O2. The van der Waals surface area contributed by atoms with Gasteiger partial charge in [0, 0.05) is 44.3 Å². The van der Waals surface area contributed by atoms with Crippen LogP contribution in [0.1, 0.15) is 29.3 Å². The molecule has 0 aliphatic carbocycles. The Morgan fingerprint density at radius 1 is 1.17 bits per heavy atom. The van der Waals surface area contributed by atoms with Crippen molar-refractivity contribution in [3.05, 3.63) is 53.6 Å². The molecule has 8 heteroatoms. The third-order valence-electron chi connectivity index (χ3n) is 6.05. The molecule has 30 heavy (non-hydrogen) atoms. The molecule has 2 saturated heterocycles. The summed E-state index contributed by atoms with van der Waals surface area (Å²) >= 11 is 0. The number of nitrogens with one attached hydrogen (secondary N) is 2. The third kappa shape index (κ3) is 3.29. The van der Waals surface area contributed by atoms with Crippen molar-refractivity contribution in [3.8, 4) is 0 Å². The molecule has 8 nitrogen and oxygen atoms in total. The van der Waals surface area contributed by atoms with Gasteiger partial charge >= 0.3 is 0 Å². The van der Waals surface area contributed by atoms with E-state index in [0.717, 1.165) is 43.2 Å². The topological polar surface area (TPSA) is 107 Å². The number of H-pyrrole nitrogens is 1. The van der Waals surface area contributed by atoms with Crippen LogP contribution in [-0.4, -0.2) is 51.9 Å². The second-order valence-corrected chi connectivity index (χ2v) is 8.13. The van der Waals surface area contributed by atoms with Crippen molar-refractivity contribution in [2.24, 2.45) is 5.73 Å². The number of hydrogen-bond donors (Lipinski definition) is 3. The van der Waals surface area contributed by atoms with Crippen molar-refractivity contribution >= 4 is 34.5 Å². The van der Waals surface area contributed by atoms with Crippen LogP contribution in [0.4, 0.5) is 11.6 Å². The Labute approximate surface area is 174 Å². The SMILES string of the molecule is CC(=O)Nc1ccc(CN2C[C@H]3C[C@H]2CN3c2nc3c(C(N)=O)cccc3[nH]2)cc1. The number of carbonyl (C=O) groups excluding carboxylic acids is 2. The first kappa shape index (κ1) is 18.6. The summed E-state index contributed by atoms with van der Waals surface area (Å²) in [7, 11) is 0. The number of piperazine rings is 1. The molecule has 154 valence electrons. The lowest BCUT2D eigenvalue weighted by molar-refractivity contribution is -0.114. The zero-order valence-corrected chi connectivity index (χ0v) is 16.8. The normalized spacial score (nSPS) is 20.8. The molecule has 2 aromatic carbocycles. The molecule has 3 heterocycles. The molecule has 2 atom stereocenters. The Kier molecular flexibility index (Phi) is 4.43. The van der Waals surface area contributed by atoms with Gasteiger partial charge in [0.1, 0.15) is 5.52 Å². The number of rotatable bonds is 5. The van der Waals surface area contributed by atoms with Gasteiger partial charge in [0.2, 0.25) is 11.9 Å². The number of aromatic amines is 1. The fourth-order valence-corrected chi connectivity index (χ4v) is 4.69. The number of fused-ring (bicyclic) bond motifs is 3. The Morgan fingerprint density at radius 2 is 1.97 bits per heavy atom. The molecule has 5 rings (SSSR count). The van der Waals surface area contributed by atoms with Crippen LogP contribution in [0.3, 0.4) is 0 Å². The van der Waals surface area contributed by atoms with Gasteiger partial charge in [-0.25, -0.2) is 4.98 Å². The van der Waals surface area contributed by atoms with E-state index in [9.17, 15) is 9.59 Å². The largest absolute Gasteiger partial charge is 0.366 e. The highest BCUT2D eigenvalue weighted by Crippen LogP contribution is 2.35. The van der Waals surface area contributed by atoms with E-state index in [1.807, 2.05) is 24.3 Å². The summed E-state index contributed by atoms with van der Waals surface area (Å²) in [6.45, 7) is 4.27. The van der Waals surface area contributed by atoms with Gasteiger partial charge in [-0.15, -0.1) is 0 Å². The van der Waals surface area contributed by atoms with Crippen molar-refractivity contribution in [1.29, 1.82) is 0 Å². The zero-order valence-electron chi connectivity index (χ0n) is 16.8. The third-order valence-corrected chi connectivity index (χ3v) is 6.05. The Morgan fingerprint density at radius 3 is 2.63 bits per heavy atom. The van der Waals surface area contributed by atoms with Crippen molar-refractivity contribution in [3.63, 3.8) is 0 Å². The van der Waals surface area contributed by atoms with E-state index in [1.165, 1.54) is 12.5 Å². The maximum Gasteiger partial charge on any atom is 0.250 e. The Hall–Kier alpha value is -3.39. The number of para-hydroxylation sites is 1. The van der Waals surface area contributed by atoms with E-state index in [2.05, 4.69) is 32.2 Å². The number of primary amides is 1. The molecule has 2 fully saturated rings. The molecule has 2 amide bonds. The van der Waals surface area contributed by atoms with Gasteiger partial charge in [-0.1, -0.05) is 18.2 Å². The number of benzene rings is 2.